The molecule has 6 unspecified atom stereocenters. The Morgan fingerprint density at radius 2 is 0.450 bits per heavy atom. The molecule has 1 heterocycles. The number of rotatable bonds is 21. The zero-order chi connectivity index (χ0) is 109. The molecule has 1 saturated heterocycles. The van der Waals surface area contributed by atoms with Crippen LogP contribution in [0.25, 0.3) is 0 Å². The summed E-state index contributed by atoms with van der Waals surface area (Å²) in [4.78, 5) is 0. The molecule has 12 heteroatoms. The van der Waals surface area contributed by atoms with Crippen LogP contribution in [0.1, 0.15) is 604 Å². The van der Waals surface area contributed by atoms with Crippen LogP contribution in [0.5, 0.6) is 0 Å². The number of hydrogen-bond donors (Lipinski definition) is 0. The highest BCUT2D eigenvalue weighted by Gasteiger charge is 2.41. The molecule has 0 amide bonds. The molecule has 2 fully saturated rings. The molecule has 0 aromatic heterocycles. The molecule has 1 aliphatic heterocycles. The van der Waals surface area contributed by atoms with Crippen molar-refractivity contribution in [3.8, 4) is 0 Å². The van der Waals surface area contributed by atoms with Gasteiger partial charge in [0.1, 0.15) is 28.8 Å². The molecule has 0 radical (unpaired) electrons. The maximum Gasteiger partial charge on any atom is 0.248 e. The van der Waals surface area contributed by atoms with Gasteiger partial charge in [-0.15, -0.1) is 0 Å². The molecule has 0 bridgehead atoms. The summed E-state index contributed by atoms with van der Waals surface area (Å²) < 4.78 is 146. The minimum Gasteiger partial charge on any atom is -0.380 e. The van der Waals surface area contributed by atoms with Gasteiger partial charge in [-0.05, 0) is 255 Å². The van der Waals surface area contributed by atoms with Gasteiger partial charge in [0, 0.05) is 37.5 Å². The first-order chi connectivity index (χ1) is 56.1. The van der Waals surface area contributed by atoms with Crippen LogP contribution < -0.4 is 0 Å². The van der Waals surface area contributed by atoms with Gasteiger partial charge < -0.3 is 4.74 Å². The molecular weight excluding hydrogens is 1650 g/mol. The summed E-state index contributed by atoms with van der Waals surface area (Å²) in [6, 6.07) is 0. The Morgan fingerprint density at radius 1 is 0.237 bits per heavy atom. The predicted octanol–water partition coefficient (Wildman–Crippen LogP) is 46.2. The van der Waals surface area contributed by atoms with Crippen molar-refractivity contribution < 1.29 is 53.0 Å². The van der Waals surface area contributed by atoms with Crippen molar-refractivity contribution in [3.05, 3.63) is 0 Å². The highest BCUT2D eigenvalue weighted by atomic mass is 19.3. The van der Waals surface area contributed by atoms with Gasteiger partial charge in [0.15, 0.2) is 0 Å². The number of ether oxygens (including phenoxy) is 1. The molecule has 131 heavy (non-hydrogen) atoms. The number of halogens is 11. The van der Waals surface area contributed by atoms with Crippen molar-refractivity contribution in [3.63, 3.8) is 0 Å². The van der Waals surface area contributed by atoms with Crippen molar-refractivity contribution in [1.29, 1.82) is 0 Å². The van der Waals surface area contributed by atoms with Gasteiger partial charge >= 0.3 is 0 Å². The first-order valence-electron chi connectivity index (χ1n) is 52.2. The Bertz CT molecular complexity index is 2230. The second kappa shape index (κ2) is 64.0. The van der Waals surface area contributed by atoms with E-state index in [1.54, 1.807) is 34.6 Å². The average molecular weight is 1910 g/mol. The minimum absolute atomic E-state index is 0.0174. The third-order valence-corrected chi connectivity index (χ3v) is 19.9. The topological polar surface area (TPSA) is 9.23 Å². The van der Waals surface area contributed by atoms with Gasteiger partial charge in [-0.25, -0.2) is 48.3 Å². The molecule has 1 saturated carbocycles. The second-order valence-electron chi connectivity index (χ2n) is 61.5. The van der Waals surface area contributed by atoms with Gasteiger partial charge in [-0.2, -0.15) is 0 Å². The summed E-state index contributed by atoms with van der Waals surface area (Å²) in [6.45, 7) is 136. The Labute approximate surface area is 822 Å². The van der Waals surface area contributed by atoms with Crippen LogP contribution in [0.2, 0.25) is 0 Å². The van der Waals surface area contributed by atoms with Crippen LogP contribution >= 0.6 is 0 Å². The highest BCUT2D eigenvalue weighted by molar-refractivity contribution is 4.92. The lowest BCUT2D eigenvalue weighted by Crippen LogP contribution is -2.42. The smallest absolute Gasteiger partial charge is 0.248 e. The van der Waals surface area contributed by atoms with Gasteiger partial charge in [0.2, 0.25) is 17.8 Å². The molecule has 0 aromatic rings. The normalized spacial score (nSPS) is 16.7. The monoisotopic (exact) mass is 1910 g/mol. The summed E-state index contributed by atoms with van der Waals surface area (Å²) >= 11 is 0. The lowest BCUT2D eigenvalue weighted by molar-refractivity contribution is -0.119. The van der Waals surface area contributed by atoms with E-state index in [9.17, 15) is 48.3 Å². The molecule has 1 nitrogen and oxygen atoms in total. The van der Waals surface area contributed by atoms with Gasteiger partial charge in [-0.3, -0.25) is 0 Å². The summed E-state index contributed by atoms with van der Waals surface area (Å²) in [7, 11) is 0. The first-order valence-corrected chi connectivity index (χ1v) is 52.2. The molecule has 1 aliphatic carbocycles. The fourth-order valence-corrected chi connectivity index (χ4v) is 17.2. The lowest BCUT2D eigenvalue weighted by Gasteiger charge is -2.42. The predicted molar refractivity (Wildman–Crippen MR) is 577 cm³/mol. The Hall–Kier alpha value is -0.810. The fraction of sp³-hybridized carbons (Fsp3) is 1.00. The fourth-order valence-electron chi connectivity index (χ4n) is 17.2. The van der Waals surface area contributed by atoms with Crippen LogP contribution in [0, 0.1) is 110 Å². The summed E-state index contributed by atoms with van der Waals surface area (Å²) in [6.07, 6.45) is 18.5. The zero-order valence-electron chi connectivity index (χ0n) is 102. The van der Waals surface area contributed by atoms with Crippen molar-refractivity contribution >= 4 is 0 Å². The van der Waals surface area contributed by atoms with E-state index in [4.69, 9.17) is 4.74 Å². The molecular formula is C119H251F11O. The zero-order valence-corrected chi connectivity index (χ0v) is 102. The lowest BCUT2D eigenvalue weighted by atomic mass is 9.74. The van der Waals surface area contributed by atoms with Gasteiger partial charge in [0.05, 0.1) is 13.2 Å². The minimum atomic E-state index is -2.52. The third-order valence-electron chi connectivity index (χ3n) is 19.9. The van der Waals surface area contributed by atoms with Crippen molar-refractivity contribution in [1.82, 2.24) is 0 Å². The molecule has 810 valence electrons. The summed E-state index contributed by atoms with van der Waals surface area (Å²) in [5.41, 5.74) is 0.617. The maximum atomic E-state index is 13.3. The van der Waals surface area contributed by atoms with Crippen LogP contribution in [0.4, 0.5) is 48.3 Å². The van der Waals surface area contributed by atoms with E-state index >= 15 is 0 Å². The van der Waals surface area contributed by atoms with Crippen molar-refractivity contribution in [2.75, 3.05) is 13.2 Å². The van der Waals surface area contributed by atoms with E-state index in [-0.39, 0.29) is 75.4 Å². The van der Waals surface area contributed by atoms with Crippen LogP contribution in [-0.4, -0.2) is 59.8 Å². The standard InChI is InChI=1S/3C9H19F.C9H18O.C9H18.3C9H20.2C8H16F2.2C8H17F.C8H18.C7H14F2/c3*1-6-9(5,10)7-8(2,3)4;1-8(2,3)5-9(4)6-10-7-9;1-8(2,3)7-9(4)5-6-9;1-8(2,3)7-9(4,5)6;2*1-6-8(2)7-9(3,4)5;2*1-5-8(9,10)6-7(2,3)4;1-7(2,3)6-8(4,5)9;1-5-7(9)6-8(2,3)4;1-7(2)6-8(3,4)5;1-6(2,3)5-7(4,8)9/h3*6-7H2,1-5H3;5-7H2,1-4H3;5-7H2,1-4H3;7H2,1-6H3;2*8H,6-7H2,1-5H3;2*5-6H2,1-4H3;6H2,1-5H3;7H,5-6H2,1-4H3;7H,6H2,1-5H3;5H2,1-4H3. The second-order valence-corrected chi connectivity index (χ2v) is 61.5. The summed E-state index contributed by atoms with van der Waals surface area (Å²) in [5, 5.41) is 0. The van der Waals surface area contributed by atoms with E-state index in [1.807, 2.05) is 111 Å². The Morgan fingerprint density at radius 3 is 0.496 bits per heavy atom. The Balaban J connectivity index is -0.000000116. The molecule has 2 aliphatic rings. The molecule has 0 N–H and O–H groups in total. The number of alkyl halides is 11. The van der Waals surface area contributed by atoms with Crippen LogP contribution in [0.15, 0.2) is 0 Å². The Kier molecular flexibility index (Phi) is 75.9. The maximum absolute atomic E-state index is 13.3. The van der Waals surface area contributed by atoms with Crippen molar-refractivity contribution in [2.24, 2.45) is 110 Å². The van der Waals surface area contributed by atoms with E-state index in [1.165, 1.54) is 78.1 Å². The highest BCUT2D eigenvalue weighted by Crippen LogP contribution is 2.53. The molecule has 0 aromatic carbocycles. The van der Waals surface area contributed by atoms with E-state index in [0.29, 0.717) is 101 Å². The van der Waals surface area contributed by atoms with E-state index in [2.05, 4.69) is 284 Å². The largest absolute Gasteiger partial charge is 0.380 e. The quantitative estimate of drug-likeness (QED) is 0.104. The third kappa shape index (κ3) is 163. The molecule has 2 rings (SSSR count). The van der Waals surface area contributed by atoms with Crippen LogP contribution in [0.3, 0.4) is 0 Å². The molecule has 6 atom stereocenters. The van der Waals surface area contributed by atoms with E-state index < -0.39 is 46.6 Å². The van der Waals surface area contributed by atoms with Gasteiger partial charge in [0.25, 0.3) is 0 Å². The number of hydrogen-bond acceptors (Lipinski definition) is 1. The van der Waals surface area contributed by atoms with Crippen molar-refractivity contribution in [2.45, 2.75) is 651 Å². The van der Waals surface area contributed by atoms with E-state index in [0.717, 1.165) is 43.3 Å². The summed E-state index contributed by atoms with van der Waals surface area (Å²) in [5.74, 6) is -4.83. The first kappa shape index (κ1) is 156. The SMILES string of the molecule is CC(C)(C)CC(C)(C)C.CC(C)(C)CC(C)(C)F.CC(C)(C)CC(C)(F)F.CC(C)(C)CC1(C)CC1.CC(C)(C)CC1(C)COC1.CC(C)CC(C)(C)C.CCC(C)(F)CC(C)(C)C.CCC(C)(F)CC(C)(C)C.CCC(C)(F)CC(C)(C)C.CCC(C)CC(C)(C)C.CCC(C)CC(C)(C)C.CCC(F)(F)CC(C)(C)C.CCC(F)(F)CC(C)(C)C.CCC(F)CC(C)(C)C. The van der Waals surface area contributed by atoms with Crippen LogP contribution in [-0.2, 0) is 4.74 Å². The van der Waals surface area contributed by atoms with Gasteiger partial charge in [-0.1, -0.05) is 421 Å². The average Bonchev–Trinajstić information content (AvgIpc) is 1.72. The molecule has 0 spiro atoms.